The summed E-state index contributed by atoms with van der Waals surface area (Å²) in [5.41, 5.74) is 0.639. The van der Waals surface area contributed by atoms with E-state index in [2.05, 4.69) is 50.0 Å². The molecule has 2 unspecified atom stereocenters. The summed E-state index contributed by atoms with van der Waals surface area (Å²) >= 11 is 0. The van der Waals surface area contributed by atoms with Crippen LogP contribution in [0.15, 0.2) is 24.3 Å². The highest BCUT2D eigenvalue weighted by atomic mass is 16.6. The highest BCUT2D eigenvalue weighted by Crippen LogP contribution is 2.76. The first-order chi connectivity index (χ1) is 16.6. The number of aliphatic hydroxyl groups is 1. The molecule has 2 saturated carbocycles. The molecule has 5 heteroatoms. The lowest BCUT2D eigenvalue weighted by molar-refractivity contribution is -0.263. The van der Waals surface area contributed by atoms with Crippen LogP contribution in [-0.2, 0) is 16.6 Å². The molecule has 3 fully saturated rings. The van der Waals surface area contributed by atoms with Crippen LogP contribution in [0.25, 0.3) is 0 Å². The van der Waals surface area contributed by atoms with Gasteiger partial charge in [-0.15, -0.1) is 0 Å². The van der Waals surface area contributed by atoms with Crippen molar-refractivity contribution in [3.8, 4) is 11.5 Å². The molecular weight excluding hydrogens is 438 g/mol. The first-order valence-corrected chi connectivity index (χ1v) is 13.6. The molecule has 7 atom stereocenters. The van der Waals surface area contributed by atoms with E-state index in [0.29, 0.717) is 6.04 Å². The topological polar surface area (TPSA) is 51.2 Å². The van der Waals surface area contributed by atoms with Crippen molar-refractivity contribution in [3.63, 3.8) is 0 Å². The van der Waals surface area contributed by atoms with E-state index in [-0.39, 0.29) is 28.3 Å². The van der Waals surface area contributed by atoms with Gasteiger partial charge in [-0.05, 0) is 68.5 Å². The Bertz CT molecular complexity index is 1120. The zero-order valence-corrected chi connectivity index (χ0v) is 22.2. The zero-order chi connectivity index (χ0) is 24.6. The van der Waals surface area contributed by atoms with Crippen LogP contribution in [0.4, 0.5) is 0 Å². The Balaban J connectivity index is 1.49. The van der Waals surface area contributed by atoms with E-state index in [4.69, 9.17) is 14.2 Å². The Morgan fingerprint density at radius 2 is 1.91 bits per heavy atom. The van der Waals surface area contributed by atoms with E-state index in [1.807, 2.05) is 14.0 Å². The molecule has 0 radical (unpaired) electrons. The highest BCUT2D eigenvalue weighted by Gasteiger charge is 2.81. The maximum Gasteiger partial charge on any atom is 0.166 e. The summed E-state index contributed by atoms with van der Waals surface area (Å²) in [6.45, 7) is 10.8. The summed E-state index contributed by atoms with van der Waals surface area (Å²) in [6, 6.07) is 4.80. The number of nitrogens with zero attached hydrogens (tertiary/aromatic N) is 1. The molecule has 190 valence electrons. The van der Waals surface area contributed by atoms with Gasteiger partial charge in [-0.25, -0.2) is 0 Å². The van der Waals surface area contributed by atoms with Crippen molar-refractivity contribution < 1.29 is 19.3 Å². The molecule has 1 aromatic carbocycles. The molecule has 7 aliphatic rings. The largest absolute Gasteiger partial charge is 0.493 e. The van der Waals surface area contributed by atoms with Crippen LogP contribution < -0.4 is 9.47 Å². The molecule has 2 aliphatic heterocycles. The second kappa shape index (κ2) is 6.65. The van der Waals surface area contributed by atoms with Crippen molar-refractivity contribution in [2.24, 2.45) is 22.7 Å². The monoisotopic (exact) mass is 479 g/mol. The predicted molar refractivity (Wildman–Crippen MR) is 135 cm³/mol. The van der Waals surface area contributed by atoms with Gasteiger partial charge in [0.05, 0.1) is 18.1 Å². The van der Waals surface area contributed by atoms with Gasteiger partial charge in [-0.3, -0.25) is 4.90 Å². The molecule has 0 amide bonds. The summed E-state index contributed by atoms with van der Waals surface area (Å²) in [6.07, 6.45) is 10.4. The number of rotatable bonds is 5. The van der Waals surface area contributed by atoms with E-state index in [9.17, 15) is 5.11 Å². The highest BCUT2D eigenvalue weighted by molar-refractivity contribution is 5.65. The predicted octanol–water partition coefficient (Wildman–Crippen LogP) is 4.49. The average molecular weight is 480 g/mol. The van der Waals surface area contributed by atoms with Gasteiger partial charge in [0, 0.05) is 36.6 Å². The van der Waals surface area contributed by atoms with Crippen molar-refractivity contribution in [3.05, 3.63) is 35.4 Å². The van der Waals surface area contributed by atoms with Crippen LogP contribution in [0.1, 0.15) is 64.5 Å². The Morgan fingerprint density at radius 1 is 1.14 bits per heavy atom. The number of benzene rings is 1. The number of piperidine rings is 1. The summed E-state index contributed by atoms with van der Waals surface area (Å²) < 4.78 is 19.5. The standard InChI is InChI=1S/C30H41NO4/c1-26(2,3)27(4,32)21-16-28-11-12-30(21,34-6)25-29(28)13-14-31(17-18-7-8-18)22(28)15-19-9-10-20(33-5)24(35-25)23(19)29/h9-12,18,21-22,25,32H,7-8,13-17H2,1-6H3/t21-,22-,25-,27?,28-,29?,30-/m1/s1. The first kappa shape index (κ1) is 22.6. The molecule has 4 bridgehead atoms. The number of fused-ring (bicyclic) bond motifs is 1. The fourth-order valence-corrected chi connectivity index (χ4v) is 9.09. The maximum absolute atomic E-state index is 12.2. The van der Waals surface area contributed by atoms with Crippen LogP contribution in [0.3, 0.4) is 0 Å². The molecule has 2 heterocycles. The van der Waals surface area contributed by atoms with Crippen molar-refractivity contribution in [1.82, 2.24) is 4.90 Å². The van der Waals surface area contributed by atoms with Crippen LogP contribution in [0.5, 0.6) is 11.5 Å². The van der Waals surface area contributed by atoms with Crippen LogP contribution >= 0.6 is 0 Å². The quantitative estimate of drug-likeness (QED) is 0.631. The van der Waals surface area contributed by atoms with E-state index in [1.54, 1.807) is 7.11 Å². The number of methoxy groups -OCH3 is 2. The van der Waals surface area contributed by atoms with Gasteiger partial charge in [0.25, 0.3) is 0 Å². The van der Waals surface area contributed by atoms with Gasteiger partial charge < -0.3 is 19.3 Å². The third-order valence-corrected chi connectivity index (χ3v) is 11.5. The minimum atomic E-state index is -0.930. The van der Waals surface area contributed by atoms with Crippen LogP contribution in [-0.4, -0.2) is 60.7 Å². The molecular formula is C30H41NO4. The summed E-state index contributed by atoms with van der Waals surface area (Å²) in [7, 11) is 3.56. The lowest BCUT2D eigenvalue weighted by atomic mass is 9.35. The number of hydrogen-bond acceptors (Lipinski definition) is 5. The van der Waals surface area contributed by atoms with Gasteiger partial charge in [0.2, 0.25) is 0 Å². The van der Waals surface area contributed by atoms with Crippen LogP contribution in [0.2, 0.25) is 0 Å². The Labute approximate surface area is 209 Å². The van der Waals surface area contributed by atoms with E-state index < -0.39 is 11.2 Å². The lowest BCUT2D eigenvalue weighted by Gasteiger charge is -2.73. The number of ether oxygens (including phenoxy) is 3. The smallest absolute Gasteiger partial charge is 0.166 e. The molecule has 2 spiro atoms. The van der Waals surface area contributed by atoms with Gasteiger partial charge in [-0.2, -0.15) is 0 Å². The summed E-state index contributed by atoms with van der Waals surface area (Å²) in [5, 5.41) is 12.2. The SMILES string of the molecule is COc1ccc2c3c1O[C@@H]1C34CCN(CC3CC3)[C@H](C2)[C@]42C=C[C@@]1(OC)[C@@H](C(C)(O)C(C)(C)C)C2. The Kier molecular flexibility index (Phi) is 4.30. The van der Waals surface area contributed by atoms with Crippen molar-refractivity contribution in [2.45, 2.75) is 88.6 Å². The van der Waals surface area contributed by atoms with Gasteiger partial charge in [0.15, 0.2) is 11.5 Å². The minimum absolute atomic E-state index is 0.0756. The van der Waals surface area contributed by atoms with E-state index in [0.717, 1.165) is 43.2 Å². The van der Waals surface area contributed by atoms with E-state index in [1.165, 1.54) is 30.5 Å². The zero-order valence-electron chi connectivity index (χ0n) is 22.2. The fourth-order valence-electron chi connectivity index (χ4n) is 9.09. The van der Waals surface area contributed by atoms with Crippen molar-refractivity contribution in [2.75, 3.05) is 27.3 Å². The summed E-state index contributed by atoms with van der Waals surface area (Å²) in [5.74, 6) is 2.53. The molecule has 5 nitrogen and oxygen atoms in total. The fraction of sp³-hybridized carbons (Fsp3) is 0.733. The molecule has 0 aromatic heterocycles. The van der Waals surface area contributed by atoms with Gasteiger partial charge in [0.1, 0.15) is 11.7 Å². The molecule has 5 aliphatic carbocycles. The normalized spacial score (nSPS) is 42.4. The number of hydrogen-bond donors (Lipinski definition) is 1. The Morgan fingerprint density at radius 3 is 2.57 bits per heavy atom. The maximum atomic E-state index is 12.2. The molecule has 1 saturated heterocycles. The third-order valence-electron chi connectivity index (χ3n) is 11.5. The van der Waals surface area contributed by atoms with Crippen LogP contribution in [0, 0.1) is 22.7 Å². The number of likely N-dealkylation sites (tertiary alicyclic amines) is 1. The van der Waals surface area contributed by atoms with Gasteiger partial charge >= 0.3 is 0 Å². The third kappa shape index (κ3) is 2.42. The molecule has 1 N–H and O–H groups in total. The second-order valence-corrected chi connectivity index (χ2v) is 13.6. The summed E-state index contributed by atoms with van der Waals surface area (Å²) in [4.78, 5) is 2.81. The average Bonchev–Trinajstić information content (AvgIpc) is 3.56. The molecule has 1 aromatic rings. The Hall–Kier alpha value is -1.56. The second-order valence-electron chi connectivity index (χ2n) is 13.6. The molecule has 8 rings (SSSR count). The van der Waals surface area contributed by atoms with Crippen molar-refractivity contribution >= 4 is 0 Å². The van der Waals surface area contributed by atoms with E-state index >= 15 is 0 Å². The molecule has 35 heavy (non-hydrogen) atoms. The van der Waals surface area contributed by atoms with Crippen molar-refractivity contribution in [1.29, 1.82) is 0 Å². The minimum Gasteiger partial charge on any atom is -0.493 e. The van der Waals surface area contributed by atoms with Gasteiger partial charge in [-0.1, -0.05) is 39.0 Å². The lowest BCUT2D eigenvalue weighted by Crippen LogP contribution is -2.81. The first-order valence-electron chi connectivity index (χ1n) is 13.6.